The summed E-state index contributed by atoms with van der Waals surface area (Å²) in [6.45, 7) is 4.60. The lowest BCUT2D eigenvalue weighted by molar-refractivity contribution is 0.151. The van der Waals surface area contributed by atoms with Gasteiger partial charge in [-0.05, 0) is 36.3 Å². The van der Waals surface area contributed by atoms with Gasteiger partial charge in [0.15, 0.2) is 0 Å². The molecule has 1 saturated carbocycles. The minimum absolute atomic E-state index is 0.672. The molecule has 0 spiro atoms. The van der Waals surface area contributed by atoms with Gasteiger partial charge in [0, 0.05) is 54.5 Å². The Kier molecular flexibility index (Phi) is 2.85. The summed E-state index contributed by atoms with van der Waals surface area (Å²) in [6.07, 6.45) is 3.80. The SMILES string of the molecule is c1cc2c(s1)CCN(C1CN(c3nc(C4CC4)ns3)C1)C2. The van der Waals surface area contributed by atoms with Crippen LogP contribution in [0.15, 0.2) is 11.4 Å². The fraction of sp³-hybridized carbons (Fsp3) is 0.600. The van der Waals surface area contributed by atoms with E-state index in [4.69, 9.17) is 4.98 Å². The number of hydrogen-bond donors (Lipinski definition) is 0. The lowest BCUT2D eigenvalue weighted by atomic mass is 10.0. The molecule has 0 radical (unpaired) electrons. The normalized spacial score (nSPS) is 23.1. The van der Waals surface area contributed by atoms with Crippen molar-refractivity contribution >= 4 is 28.0 Å². The van der Waals surface area contributed by atoms with Crippen LogP contribution in [0, 0.1) is 0 Å². The van der Waals surface area contributed by atoms with Crippen molar-refractivity contribution < 1.29 is 0 Å². The van der Waals surface area contributed by atoms with Crippen LogP contribution in [-0.2, 0) is 13.0 Å². The lowest BCUT2D eigenvalue weighted by Gasteiger charge is -2.46. The quantitative estimate of drug-likeness (QED) is 0.871. The maximum absolute atomic E-state index is 4.72. The van der Waals surface area contributed by atoms with E-state index in [1.54, 1.807) is 22.0 Å². The predicted octanol–water partition coefficient (Wildman–Crippen LogP) is 2.72. The average Bonchev–Trinajstić information content (AvgIpc) is 3.00. The molecule has 110 valence electrons. The van der Waals surface area contributed by atoms with Crippen molar-refractivity contribution in [3.05, 3.63) is 27.7 Å². The van der Waals surface area contributed by atoms with E-state index in [0.29, 0.717) is 12.0 Å². The molecule has 0 amide bonds. The molecule has 6 heteroatoms. The highest BCUT2D eigenvalue weighted by atomic mass is 32.1. The largest absolute Gasteiger partial charge is 0.344 e. The van der Waals surface area contributed by atoms with Gasteiger partial charge in [0.1, 0.15) is 5.82 Å². The van der Waals surface area contributed by atoms with E-state index in [1.165, 1.54) is 25.8 Å². The second-order valence-electron chi connectivity index (χ2n) is 6.36. The van der Waals surface area contributed by atoms with E-state index in [9.17, 15) is 0 Å². The Labute approximate surface area is 132 Å². The molecule has 5 rings (SSSR count). The maximum atomic E-state index is 4.72. The van der Waals surface area contributed by atoms with Gasteiger partial charge in [-0.3, -0.25) is 4.90 Å². The Hall–Kier alpha value is -0.980. The number of nitrogens with zero attached hydrogens (tertiary/aromatic N) is 4. The molecule has 4 heterocycles. The molecule has 1 saturated heterocycles. The first-order valence-corrected chi connectivity index (χ1v) is 9.40. The Morgan fingerprint density at radius 3 is 3.00 bits per heavy atom. The van der Waals surface area contributed by atoms with Crippen LogP contribution in [0.2, 0.25) is 0 Å². The Morgan fingerprint density at radius 2 is 2.14 bits per heavy atom. The van der Waals surface area contributed by atoms with Gasteiger partial charge in [-0.25, -0.2) is 4.98 Å². The molecule has 21 heavy (non-hydrogen) atoms. The van der Waals surface area contributed by atoms with Crippen LogP contribution in [0.1, 0.15) is 35.0 Å². The van der Waals surface area contributed by atoms with Gasteiger partial charge in [0.25, 0.3) is 0 Å². The highest BCUT2D eigenvalue weighted by Crippen LogP contribution is 2.40. The summed E-state index contributed by atoms with van der Waals surface area (Å²) in [7, 11) is 0. The molecule has 0 atom stereocenters. The van der Waals surface area contributed by atoms with Crippen LogP contribution in [-0.4, -0.2) is 39.9 Å². The van der Waals surface area contributed by atoms with E-state index in [1.807, 2.05) is 11.3 Å². The van der Waals surface area contributed by atoms with E-state index in [-0.39, 0.29) is 0 Å². The summed E-state index contributed by atoms with van der Waals surface area (Å²) in [4.78, 5) is 11.4. The standard InChI is InChI=1S/C15H18N4S2/c1-2-10(1)14-16-15(21-17-14)19-8-12(9-19)18-5-3-13-11(7-18)4-6-20-13/h4,6,10,12H,1-3,5,7-9H2. The zero-order valence-corrected chi connectivity index (χ0v) is 13.5. The molecular weight excluding hydrogens is 300 g/mol. The topological polar surface area (TPSA) is 32.3 Å². The molecule has 0 bridgehead atoms. The number of thiophene rings is 1. The Balaban J connectivity index is 1.22. The van der Waals surface area contributed by atoms with Gasteiger partial charge in [-0.1, -0.05) is 0 Å². The molecule has 0 N–H and O–H groups in total. The number of aromatic nitrogens is 2. The van der Waals surface area contributed by atoms with Crippen molar-refractivity contribution in [3.63, 3.8) is 0 Å². The van der Waals surface area contributed by atoms with Crippen LogP contribution in [0.25, 0.3) is 0 Å². The first-order chi connectivity index (χ1) is 10.4. The molecule has 2 aromatic rings. The third-order valence-corrected chi connectivity index (χ3v) is 6.67. The van der Waals surface area contributed by atoms with Crippen molar-refractivity contribution in [2.75, 3.05) is 24.5 Å². The van der Waals surface area contributed by atoms with Crippen LogP contribution >= 0.6 is 22.9 Å². The Bertz CT molecular complexity index is 654. The minimum Gasteiger partial charge on any atom is -0.344 e. The van der Waals surface area contributed by atoms with E-state index < -0.39 is 0 Å². The monoisotopic (exact) mass is 318 g/mol. The molecular formula is C15H18N4S2. The maximum Gasteiger partial charge on any atom is 0.205 e. The van der Waals surface area contributed by atoms with Crippen LogP contribution < -0.4 is 4.90 Å². The molecule has 2 aliphatic heterocycles. The molecule has 1 aliphatic carbocycles. The van der Waals surface area contributed by atoms with Gasteiger partial charge >= 0.3 is 0 Å². The predicted molar refractivity (Wildman–Crippen MR) is 86.3 cm³/mol. The molecule has 4 nitrogen and oxygen atoms in total. The number of fused-ring (bicyclic) bond motifs is 1. The third-order valence-electron chi connectivity index (χ3n) is 4.86. The van der Waals surface area contributed by atoms with Crippen molar-refractivity contribution in [2.24, 2.45) is 0 Å². The van der Waals surface area contributed by atoms with Crippen molar-refractivity contribution in [3.8, 4) is 0 Å². The number of anilines is 1. The van der Waals surface area contributed by atoms with E-state index in [2.05, 4.69) is 25.6 Å². The summed E-state index contributed by atoms with van der Waals surface area (Å²) in [5.41, 5.74) is 1.55. The van der Waals surface area contributed by atoms with Crippen LogP contribution in [0.5, 0.6) is 0 Å². The van der Waals surface area contributed by atoms with Gasteiger partial charge in [0.05, 0.1) is 0 Å². The van der Waals surface area contributed by atoms with Gasteiger partial charge < -0.3 is 4.90 Å². The number of rotatable bonds is 3. The van der Waals surface area contributed by atoms with E-state index >= 15 is 0 Å². The first-order valence-electron chi connectivity index (χ1n) is 7.74. The smallest absolute Gasteiger partial charge is 0.205 e. The summed E-state index contributed by atoms with van der Waals surface area (Å²) in [5.74, 6) is 1.77. The van der Waals surface area contributed by atoms with Gasteiger partial charge in [-0.2, -0.15) is 4.37 Å². The summed E-state index contributed by atoms with van der Waals surface area (Å²) in [5, 5.41) is 3.38. The summed E-state index contributed by atoms with van der Waals surface area (Å²) < 4.78 is 4.52. The fourth-order valence-electron chi connectivity index (χ4n) is 3.29. The van der Waals surface area contributed by atoms with Crippen LogP contribution in [0.3, 0.4) is 0 Å². The summed E-state index contributed by atoms with van der Waals surface area (Å²) >= 11 is 3.51. The second kappa shape index (κ2) is 4.76. The Morgan fingerprint density at radius 1 is 1.24 bits per heavy atom. The van der Waals surface area contributed by atoms with Crippen molar-refractivity contribution in [2.45, 2.75) is 37.8 Å². The van der Waals surface area contributed by atoms with E-state index in [0.717, 1.165) is 30.6 Å². The molecule has 0 unspecified atom stereocenters. The highest BCUT2D eigenvalue weighted by Gasteiger charge is 2.36. The average molecular weight is 318 g/mol. The van der Waals surface area contributed by atoms with Gasteiger partial charge in [0.2, 0.25) is 5.13 Å². The fourth-order valence-corrected chi connectivity index (χ4v) is 4.94. The molecule has 3 aliphatic rings. The van der Waals surface area contributed by atoms with Gasteiger partial charge in [-0.15, -0.1) is 11.3 Å². The highest BCUT2D eigenvalue weighted by molar-refractivity contribution is 7.10. The molecule has 2 aromatic heterocycles. The zero-order chi connectivity index (χ0) is 13.8. The van der Waals surface area contributed by atoms with Crippen molar-refractivity contribution in [1.29, 1.82) is 0 Å². The van der Waals surface area contributed by atoms with Crippen LogP contribution in [0.4, 0.5) is 5.13 Å². The lowest BCUT2D eigenvalue weighted by Crippen LogP contribution is -2.60. The summed E-state index contributed by atoms with van der Waals surface area (Å²) in [6, 6.07) is 3.00. The first kappa shape index (κ1) is 12.6. The molecule has 2 fully saturated rings. The number of hydrogen-bond acceptors (Lipinski definition) is 6. The molecule has 0 aromatic carbocycles. The zero-order valence-electron chi connectivity index (χ0n) is 11.9. The third kappa shape index (κ3) is 2.20. The second-order valence-corrected chi connectivity index (χ2v) is 8.09. The minimum atomic E-state index is 0.672. The van der Waals surface area contributed by atoms with Crippen molar-refractivity contribution in [1.82, 2.24) is 14.3 Å².